The molecule has 4 N–H and O–H groups in total. The van der Waals surface area contributed by atoms with E-state index >= 15 is 8.78 Å². The van der Waals surface area contributed by atoms with E-state index in [2.05, 4.69) is 41.6 Å². The molecule has 3 atom stereocenters. The van der Waals surface area contributed by atoms with Crippen LogP contribution in [0.4, 0.5) is 54.5 Å². The Bertz CT molecular complexity index is 3580. The summed E-state index contributed by atoms with van der Waals surface area (Å²) < 4.78 is 217. The lowest BCUT2D eigenvalue weighted by atomic mass is 9.93. The topological polar surface area (TPSA) is 271 Å². The third kappa shape index (κ3) is 12.8. The molecule has 3 amide bonds. The molecule has 1 unspecified atom stereocenters. The number of aromatic nitrogens is 5. The zero-order chi connectivity index (χ0) is 57.3. The maximum absolute atomic E-state index is 15.6. The van der Waals surface area contributed by atoms with Gasteiger partial charge in [0, 0.05) is 34.9 Å². The Balaban J connectivity index is 1.44. The number of sulfonamides is 1. The number of halogens is 11. The average molecular weight is 1180 g/mol. The minimum absolute atomic E-state index is 0.140. The first-order valence-electron chi connectivity index (χ1n) is 21.7. The molecule has 0 aliphatic heterocycles. The SMILES string of the molecule is CC(C)(C#Cc1ccc(-c2ccc(Cl)c3c(N(C(=O)CNC(=O)OCOP(=O)(O)O)S(C)(=O)=O)nn(CC(F)(F)F)c23)c([C@H](Cc2cc(F)cc(F)c2)NC(=O)Cn2nc(C(F)(F)F)c3c2C(F)(F)C2C[C@H]32)n1)S(C)(=O)=O. The van der Waals surface area contributed by atoms with E-state index in [9.17, 15) is 70.9 Å². The van der Waals surface area contributed by atoms with Crippen LogP contribution in [0.25, 0.3) is 22.0 Å². The number of anilines is 1. The van der Waals surface area contributed by atoms with Gasteiger partial charge in [0.15, 0.2) is 21.3 Å². The second-order valence-corrected chi connectivity index (χ2v) is 24.0. The Kier molecular flexibility index (Phi) is 15.5. The van der Waals surface area contributed by atoms with Crippen molar-refractivity contribution in [2.45, 2.75) is 74.8 Å². The molecule has 20 nitrogen and oxygen atoms in total. The van der Waals surface area contributed by atoms with Gasteiger partial charge < -0.3 is 25.2 Å². The van der Waals surface area contributed by atoms with E-state index in [1.54, 1.807) is 5.32 Å². The van der Waals surface area contributed by atoms with Gasteiger partial charge in [-0.2, -0.15) is 49.6 Å². The van der Waals surface area contributed by atoms with E-state index in [1.165, 1.54) is 13.8 Å². The number of alkyl halides is 8. The fourth-order valence-corrected chi connectivity index (χ4v) is 9.82. The van der Waals surface area contributed by atoms with Gasteiger partial charge in [0.05, 0.1) is 33.9 Å². The monoisotopic (exact) mass is 1180 g/mol. The molecule has 7 rings (SSSR count). The Morgan fingerprint density at radius 1 is 0.974 bits per heavy atom. The number of ether oxygens (including phenoxy) is 1. The summed E-state index contributed by atoms with van der Waals surface area (Å²) in [6.07, 6.45) is -12.0. The number of nitrogens with one attached hydrogen (secondary N) is 2. The zero-order valence-corrected chi connectivity index (χ0v) is 42.9. The van der Waals surface area contributed by atoms with Crippen molar-refractivity contribution in [3.63, 3.8) is 0 Å². The van der Waals surface area contributed by atoms with Gasteiger partial charge in [0.25, 0.3) is 11.8 Å². The van der Waals surface area contributed by atoms with Crippen LogP contribution in [-0.4, -0.2) is 106 Å². The van der Waals surface area contributed by atoms with Gasteiger partial charge in [-0.1, -0.05) is 23.6 Å². The number of sulfone groups is 1. The summed E-state index contributed by atoms with van der Waals surface area (Å²) in [5.74, 6) is -8.21. The number of fused-ring (bicyclic) bond motifs is 4. The van der Waals surface area contributed by atoms with Gasteiger partial charge in [-0.25, -0.2) is 44.5 Å². The van der Waals surface area contributed by atoms with Crippen molar-refractivity contribution in [3.8, 4) is 23.0 Å². The first-order chi connectivity index (χ1) is 35.3. The minimum atomic E-state index is -5.26. The number of alkyl carbamates (subject to hydrolysis) is 1. The fraction of sp³-hybridized carbons (Fsp3) is 0.395. The molecule has 77 heavy (non-hydrogen) atoms. The van der Waals surface area contributed by atoms with Gasteiger partial charge in [-0.15, -0.1) is 0 Å². The molecular weight excluding hydrogens is 1140 g/mol. The summed E-state index contributed by atoms with van der Waals surface area (Å²) in [4.78, 5) is 62.2. The van der Waals surface area contributed by atoms with E-state index < -0.39 is 186 Å². The normalized spacial score (nSPS) is 16.7. The van der Waals surface area contributed by atoms with E-state index in [1.807, 2.05) is 0 Å². The molecule has 3 aromatic heterocycles. The number of carbonyl (C=O) groups excluding carboxylic acids is 3. The molecule has 1 saturated carbocycles. The third-order valence-corrected chi connectivity index (χ3v) is 15.6. The molecule has 2 aliphatic carbocycles. The number of rotatable bonds is 16. The van der Waals surface area contributed by atoms with Crippen LogP contribution in [0.5, 0.6) is 0 Å². The average Bonchev–Trinajstić information content (AvgIpc) is 3.82. The summed E-state index contributed by atoms with van der Waals surface area (Å²) in [5.41, 5.74) is -6.55. The summed E-state index contributed by atoms with van der Waals surface area (Å²) in [6.45, 7) is -3.80. The highest BCUT2D eigenvalue weighted by molar-refractivity contribution is 7.93. The summed E-state index contributed by atoms with van der Waals surface area (Å²) in [6, 6.07) is 4.23. The summed E-state index contributed by atoms with van der Waals surface area (Å²) in [7, 11) is -14.2. The third-order valence-electron chi connectivity index (χ3n) is 11.9. The second kappa shape index (κ2) is 20.5. The van der Waals surface area contributed by atoms with Crippen molar-refractivity contribution >= 4 is 73.9 Å². The van der Waals surface area contributed by atoms with Gasteiger partial charge in [0.1, 0.15) is 47.4 Å². The molecule has 3 heterocycles. The van der Waals surface area contributed by atoms with Crippen LogP contribution in [-0.2, 0) is 74.9 Å². The number of benzene rings is 2. The predicted molar refractivity (Wildman–Crippen MR) is 248 cm³/mol. The van der Waals surface area contributed by atoms with Crippen LogP contribution < -0.4 is 14.9 Å². The highest BCUT2D eigenvalue weighted by Crippen LogP contribution is 2.68. The maximum Gasteiger partial charge on any atom is 0.472 e. The molecule has 34 heteroatoms. The molecular formula is C43H38ClF10N8O12PS2. The number of pyridine rings is 1. The first kappa shape index (κ1) is 58.3. The molecule has 5 aromatic rings. The fourth-order valence-electron chi connectivity index (χ4n) is 8.28. The van der Waals surface area contributed by atoms with Crippen LogP contribution >= 0.6 is 19.4 Å². The predicted octanol–water partition coefficient (Wildman–Crippen LogP) is 6.38. The minimum Gasteiger partial charge on any atom is -0.422 e. The van der Waals surface area contributed by atoms with Crippen LogP contribution in [0.2, 0.25) is 5.02 Å². The van der Waals surface area contributed by atoms with Crippen LogP contribution in [0, 0.1) is 29.4 Å². The number of phosphoric ester groups is 1. The van der Waals surface area contributed by atoms with Gasteiger partial charge in [-0.3, -0.25) is 19.0 Å². The quantitative estimate of drug-likeness (QED) is 0.0361. The molecule has 0 radical (unpaired) electrons. The number of hydrogen-bond donors (Lipinski definition) is 4. The first-order valence-corrected chi connectivity index (χ1v) is 27.4. The molecule has 416 valence electrons. The summed E-state index contributed by atoms with van der Waals surface area (Å²) >= 11 is 6.58. The van der Waals surface area contributed by atoms with Crippen molar-refractivity contribution in [2.24, 2.45) is 5.92 Å². The second-order valence-electron chi connectivity index (χ2n) is 18.0. The van der Waals surface area contributed by atoms with E-state index in [0.717, 1.165) is 42.7 Å². The van der Waals surface area contributed by atoms with Crippen LogP contribution in [0.1, 0.15) is 66.1 Å². The smallest absolute Gasteiger partial charge is 0.422 e. The van der Waals surface area contributed by atoms with E-state index in [0.29, 0.717) is 12.3 Å². The Labute approximate surface area is 433 Å². The number of carbonyl (C=O) groups is 3. The van der Waals surface area contributed by atoms with Crippen LogP contribution in [0.15, 0.2) is 42.5 Å². The number of phosphoric acid groups is 1. The molecule has 0 saturated heterocycles. The zero-order valence-electron chi connectivity index (χ0n) is 39.6. The molecule has 2 aromatic carbocycles. The largest absolute Gasteiger partial charge is 0.472 e. The Morgan fingerprint density at radius 3 is 2.19 bits per heavy atom. The molecule has 0 bridgehead atoms. The maximum atomic E-state index is 15.6. The molecule has 0 spiro atoms. The van der Waals surface area contributed by atoms with Crippen molar-refractivity contribution in [1.29, 1.82) is 0 Å². The van der Waals surface area contributed by atoms with E-state index in [4.69, 9.17) is 21.4 Å². The lowest BCUT2D eigenvalue weighted by Crippen LogP contribution is -2.43. The van der Waals surface area contributed by atoms with Crippen molar-refractivity contribution in [1.82, 2.24) is 35.2 Å². The van der Waals surface area contributed by atoms with Crippen molar-refractivity contribution < 1.29 is 98.7 Å². The van der Waals surface area contributed by atoms with E-state index in [-0.39, 0.29) is 31.3 Å². The number of hydrogen-bond acceptors (Lipinski definition) is 13. The lowest BCUT2D eigenvalue weighted by molar-refractivity contribution is -0.143. The Morgan fingerprint density at radius 2 is 1.61 bits per heavy atom. The molecule has 1 fully saturated rings. The lowest BCUT2D eigenvalue weighted by Gasteiger charge is -2.23. The standard InChI is InChI=1S/C43H38ClF10N8O12PS2/c1-40(2,76(3,69)70)10-9-23-5-6-24(25-7-8-28(44)33-35(25)61(18-41(47,48)49)59-38(33)62(77(4,71)72)31(64)16-55-39(65)73-19-74-75(66,67)68)34(56-23)29(13-20-11-21(45)14-22(46)12-20)57-30(63)17-60-37-32(36(58-60)43(52,53)54)26-15-27(26)42(37,50)51/h5-8,11-12,14,26-27,29H,13,15-19H2,1-4H3,(H,55,65)(H,57,63)(H2,66,67,68)/t26-,27?,29-/m0/s1. The number of amides is 3. The highest BCUT2D eigenvalue weighted by Gasteiger charge is 2.68. The van der Waals surface area contributed by atoms with Crippen LogP contribution in [0.3, 0.4) is 0 Å². The highest BCUT2D eigenvalue weighted by atomic mass is 35.5. The number of nitrogens with zero attached hydrogens (tertiary/aromatic N) is 6. The van der Waals surface area contributed by atoms with Crippen molar-refractivity contribution in [3.05, 3.63) is 93.0 Å². The van der Waals surface area contributed by atoms with Crippen molar-refractivity contribution in [2.75, 3.05) is 30.2 Å². The summed E-state index contributed by atoms with van der Waals surface area (Å²) in [5, 5.41) is 9.94. The van der Waals surface area contributed by atoms with Gasteiger partial charge in [0.2, 0.25) is 22.7 Å². The van der Waals surface area contributed by atoms with Gasteiger partial charge >= 0.3 is 26.3 Å². The molecule has 2 aliphatic rings. The Hall–Kier alpha value is -6.36. The van der Waals surface area contributed by atoms with Gasteiger partial charge in [-0.05, 0) is 74.4 Å².